The molecule has 0 saturated carbocycles. The molecule has 1 unspecified atom stereocenters. The van der Waals surface area contributed by atoms with Crippen LogP contribution in [0.3, 0.4) is 0 Å². The number of hydrogen-bond donors (Lipinski definition) is 1. The summed E-state index contributed by atoms with van der Waals surface area (Å²) < 4.78 is 82.9. The fourth-order valence-electron chi connectivity index (χ4n) is 3.76. The van der Waals surface area contributed by atoms with Crippen LogP contribution in [0.5, 0.6) is 0 Å². The van der Waals surface area contributed by atoms with Crippen LogP contribution in [0.4, 0.5) is 32.0 Å². The van der Waals surface area contributed by atoms with E-state index >= 15 is 0 Å². The van der Waals surface area contributed by atoms with Crippen LogP contribution in [-0.2, 0) is 0 Å². The fourth-order valence-corrected chi connectivity index (χ4v) is 3.76. The molecule has 1 atom stereocenters. The summed E-state index contributed by atoms with van der Waals surface area (Å²) in [6, 6.07) is 2.72. The van der Waals surface area contributed by atoms with Gasteiger partial charge in [0.15, 0.2) is 0 Å². The second-order valence-electron chi connectivity index (χ2n) is 8.31. The minimum atomic E-state index is -4.63. The van der Waals surface area contributed by atoms with Gasteiger partial charge in [-0.1, -0.05) is 24.6 Å². The first-order valence-electron chi connectivity index (χ1n) is 11.0. The number of likely N-dealkylation sites (tertiary alicyclic amines) is 1. The number of allylic oxidation sites excluding steroid dienone is 9. The SMILES string of the molecule is C\C=C(F)/C(=C\C(=C\CC)C(F)(F)F)C(/C=C1/C(Nc2cc(F)cc(F)c2)CCN1C)=C(C)C. The Hall–Kier alpha value is -2.90. The first-order chi connectivity index (χ1) is 15.9. The van der Waals surface area contributed by atoms with Crippen LogP contribution in [-0.4, -0.2) is 30.7 Å². The molecule has 1 aromatic rings. The number of rotatable bonds is 7. The van der Waals surface area contributed by atoms with Gasteiger partial charge in [-0.05, 0) is 63.5 Å². The molecule has 2 rings (SSSR count). The summed E-state index contributed by atoms with van der Waals surface area (Å²) in [5.41, 5.74) is 0.728. The maximum Gasteiger partial charge on any atom is 0.416 e. The molecule has 186 valence electrons. The monoisotopic (exact) mass is 484 g/mol. The smallest absolute Gasteiger partial charge is 0.377 e. The zero-order chi connectivity index (χ0) is 25.6. The lowest BCUT2D eigenvalue weighted by Crippen LogP contribution is -2.22. The van der Waals surface area contributed by atoms with Crippen LogP contribution in [0, 0.1) is 11.6 Å². The number of nitrogens with zero attached hydrogens (tertiary/aromatic N) is 1. The molecule has 1 N–H and O–H groups in total. The fraction of sp³-hybridized carbons (Fsp3) is 0.385. The molecular formula is C26H30F6N2. The Morgan fingerprint density at radius 3 is 2.26 bits per heavy atom. The van der Waals surface area contributed by atoms with E-state index in [0.29, 0.717) is 29.8 Å². The van der Waals surface area contributed by atoms with Crippen molar-refractivity contribution in [2.75, 3.05) is 18.9 Å². The third-order valence-electron chi connectivity index (χ3n) is 5.44. The number of alkyl halides is 3. The zero-order valence-corrected chi connectivity index (χ0v) is 20.0. The Morgan fingerprint density at radius 1 is 1.15 bits per heavy atom. The number of anilines is 1. The van der Waals surface area contributed by atoms with Gasteiger partial charge in [-0.25, -0.2) is 13.2 Å². The maximum absolute atomic E-state index is 14.9. The third kappa shape index (κ3) is 7.05. The number of benzene rings is 1. The summed E-state index contributed by atoms with van der Waals surface area (Å²) in [6.45, 7) is 6.99. The Morgan fingerprint density at radius 2 is 1.76 bits per heavy atom. The van der Waals surface area contributed by atoms with E-state index in [1.807, 2.05) is 4.90 Å². The molecule has 0 aromatic heterocycles. The second kappa shape index (κ2) is 11.5. The van der Waals surface area contributed by atoms with Crippen LogP contribution >= 0.6 is 0 Å². The lowest BCUT2D eigenvalue weighted by Gasteiger charge is -2.22. The molecule has 34 heavy (non-hydrogen) atoms. The first-order valence-corrected chi connectivity index (χ1v) is 11.0. The molecule has 0 spiro atoms. The van der Waals surface area contributed by atoms with Crippen LogP contribution in [0.1, 0.15) is 40.5 Å². The van der Waals surface area contributed by atoms with E-state index in [9.17, 15) is 26.3 Å². The molecule has 2 nitrogen and oxygen atoms in total. The van der Waals surface area contributed by atoms with Gasteiger partial charge >= 0.3 is 6.18 Å². The van der Waals surface area contributed by atoms with Crippen molar-refractivity contribution in [1.29, 1.82) is 0 Å². The summed E-state index contributed by atoms with van der Waals surface area (Å²) in [5.74, 6) is -2.24. The molecule has 0 bridgehead atoms. The van der Waals surface area contributed by atoms with E-state index in [4.69, 9.17) is 0 Å². The van der Waals surface area contributed by atoms with Crippen molar-refractivity contribution < 1.29 is 26.3 Å². The molecule has 1 aliphatic heterocycles. The van der Waals surface area contributed by atoms with Crippen molar-refractivity contribution in [2.45, 2.75) is 52.8 Å². The zero-order valence-electron chi connectivity index (χ0n) is 20.0. The largest absolute Gasteiger partial charge is 0.416 e. The molecule has 0 amide bonds. The highest BCUT2D eigenvalue weighted by Crippen LogP contribution is 2.35. The van der Waals surface area contributed by atoms with Crippen molar-refractivity contribution in [1.82, 2.24) is 4.90 Å². The highest BCUT2D eigenvalue weighted by molar-refractivity contribution is 5.56. The predicted octanol–water partition coefficient (Wildman–Crippen LogP) is 8.00. The van der Waals surface area contributed by atoms with Gasteiger partial charge in [-0.2, -0.15) is 13.2 Å². The topological polar surface area (TPSA) is 15.3 Å². The van der Waals surface area contributed by atoms with E-state index in [0.717, 1.165) is 36.4 Å². The van der Waals surface area contributed by atoms with Gasteiger partial charge in [0, 0.05) is 36.6 Å². The Balaban J connectivity index is 2.59. The lowest BCUT2D eigenvalue weighted by atomic mass is 9.95. The quantitative estimate of drug-likeness (QED) is 0.312. The van der Waals surface area contributed by atoms with Gasteiger partial charge in [0.25, 0.3) is 0 Å². The van der Waals surface area contributed by atoms with E-state index < -0.39 is 29.2 Å². The minimum Gasteiger partial charge on any atom is -0.377 e. The molecule has 1 heterocycles. The van der Waals surface area contributed by atoms with Crippen LogP contribution in [0.2, 0.25) is 0 Å². The van der Waals surface area contributed by atoms with Gasteiger partial charge in [0.2, 0.25) is 0 Å². The summed E-state index contributed by atoms with van der Waals surface area (Å²) in [6.07, 6.45) is 0.707. The van der Waals surface area contributed by atoms with Gasteiger partial charge in [0.05, 0.1) is 11.6 Å². The number of hydrogen-bond acceptors (Lipinski definition) is 2. The van der Waals surface area contributed by atoms with Crippen LogP contribution in [0.15, 0.2) is 76.3 Å². The molecule has 0 aliphatic carbocycles. The van der Waals surface area contributed by atoms with Crippen molar-refractivity contribution in [3.63, 3.8) is 0 Å². The molecule has 1 aromatic carbocycles. The highest BCUT2D eigenvalue weighted by Gasteiger charge is 2.33. The third-order valence-corrected chi connectivity index (χ3v) is 5.44. The second-order valence-corrected chi connectivity index (χ2v) is 8.31. The van der Waals surface area contributed by atoms with Crippen LogP contribution in [0.25, 0.3) is 0 Å². The van der Waals surface area contributed by atoms with Crippen molar-refractivity contribution >= 4 is 5.69 Å². The highest BCUT2D eigenvalue weighted by atomic mass is 19.4. The van der Waals surface area contributed by atoms with Crippen molar-refractivity contribution in [3.8, 4) is 0 Å². The molecule has 1 fully saturated rings. The van der Waals surface area contributed by atoms with Gasteiger partial charge < -0.3 is 10.2 Å². The van der Waals surface area contributed by atoms with Crippen molar-refractivity contribution in [3.05, 3.63) is 88.0 Å². The molecule has 0 radical (unpaired) electrons. The average Bonchev–Trinajstić information content (AvgIpc) is 3.06. The summed E-state index contributed by atoms with van der Waals surface area (Å²) >= 11 is 0. The summed E-state index contributed by atoms with van der Waals surface area (Å²) in [4.78, 5) is 1.88. The van der Waals surface area contributed by atoms with Crippen LogP contribution < -0.4 is 5.32 Å². The van der Waals surface area contributed by atoms with Gasteiger partial charge in [-0.15, -0.1) is 0 Å². The molecule has 8 heteroatoms. The normalized spacial score (nSPS) is 19.1. The summed E-state index contributed by atoms with van der Waals surface area (Å²) in [7, 11) is 1.80. The van der Waals surface area contributed by atoms with Gasteiger partial charge in [-0.3, -0.25) is 0 Å². The average molecular weight is 485 g/mol. The Labute approximate surface area is 197 Å². The predicted molar refractivity (Wildman–Crippen MR) is 125 cm³/mol. The van der Waals surface area contributed by atoms with E-state index in [-0.39, 0.29) is 23.7 Å². The first kappa shape index (κ1) is 27.3. The number of nitrogens with one attached hydrogen (secondary N) is 1. The van der Waals surface area contributed by atoms with E-state index in [2.05, 4.69) is 5.32 Å². The standard InChI is InChI=1S/C26H30F6N2/c1-6-8-17(26(30,31)32)11-22(23(29)7-2)21(16(3)4)15-25-24(9-10-34(25)5)33-20-13-18(27)12-19(28)14-20/h7-8,11-15,24,33H,6,9-10H2,1-5H3/b17-8-,22-11-,23-7+,25-15-. The summed E-state index contributed by atoms with van der Waals surface area (Å²) in [5, 5.41) is 3.08. The molecule has 1 aliphatic rings. The Kier molecular flexibility index (Phi) is 9.24. The van der Waals surface area contributed by atoms with Crippen molar-refractivity contribution in [2.24, 2.45) is 0 Å². The number of likely N-dealkylation sites (N-methyl/N-ethyl adjacent to an activating group) is 1. The minimum absolute atomic E-state index is 0.139. The molecular weight excluding hydrogens is 454 g/mol. The van der Waals surface area contributed by atoms with E-state index in [1.54, 1.807) is 33.9 Å². The lowest BCUT2D eigenvalue weighted by molar-refractivity contribution is -0.0884. The van der Waals surface area contributed by atoms with E-state index in [1.165, 1.54) is 6.92 Å². The van der Waals surface area contributed by atoms with Gasteiger partial charge in [0.1, 0.15) is 17.5 Å². The molecule has 1 saturated heterocycles. The Bertz CT molecular complexity index is 1020. The maximum atomic E-state index is 14.9. The number of halogens is 6.